The maximum atomic E-state index is 12.5. The fourth-order valence-electron chi connectivity index (χ4n) is 4.00. The molecule has 3 N–H and O–H groups in total. The standard InChI is InChI=1S/C30H29N5O4S/c1-30(2,3)39-29(37)34-16-20-9-11-21(12-10-20)38-23-13-14-31-27-26(23)22(17-32-27)24-18-33-28(40-24)35-25(36)15-19-7-5-4-6-8-19/h4-14,17-18H,15-16H2,1-3H3,(H,31,32)(H,34,37)(H,33,35,36). The first-order valence-electron chi connectivity index (χ1n) is 12.7. The lowest BCUT2D eigenvalue weighted by atomic mass is 10.1. The largest absolute Gasteiger partial charge is 0.457 e. The third-order valence-electron chi connectivity index (χ3n) is 5.75. The predicted molar refractivity (Wildman–Crippen MR) is 156 cm³/mol. The molecule has 0 bridgehead atoms. The highest BCUT2D eigenvalue weighted by Gasteiger charge is 2.17. The summed E-state index contributed by atoms with van der Waals surface area (Å²) in [5.41, 5.74) is 2.85. The van der Waals surface area contributed by atoms with Gasteiger partial charge in [-0.05, 0) is 50.1 Å². The van der Waals surface area contributed by atoms with Crippen LogP contribution in [0.4, 0.5) is 9.93 Å². The van der Waals surface area contributed by atoms with E-state index in [1.165, 1.54) is 11.3 Å². The number of hydrogen-bond acceptors (Lipinski definition) is 7. The van der Waals surface area contributed by atoms with Gasteiger partial charge in [-0.25, -0.2) is 14.8 Å². The molecule has 3 heterocycles. The molecule has 0 spiro atoms. The van der Waals surface area contributed by atoms with Gasteiger partial charge >= 0.3 is 6.09 Å². The number of aromatic nitrogens is 3. The maximum absolute atomic E-state index is 12.5. The Morgan fingerprint density at radius 3 is 2.50 bits per heavy atom. The molecule has 0 atom stereocenters. The maximum Gasteiger partial charge on any atom is 0.407 e. The fraction of sp³-hybridized carbons (Fsp3) is 0.200. The van der Waals surface area contributed by atoms with E-state index in [1.54, 1.807) is 18.5 Å². The van der Waals surface area contributed by atoms with Gasteiger partial charge in [0.15, 0.2) is 5.13 Å². The third kappa shape index (κ3) is 6.83. The molecule has 204 valence electrons. The zero-order valence-electron chi connectivity index (χ0n) is 22.4. The van der Waals surface area contributed by atoms with Gasteiger partial charge < -0.3 is 25.1 Å². The summed E-state index contributed by atoms with van der Waals surface area (Å²) in [4.78, 5) is 37.3. The fourth-order valence-corrected chi connectivity index (χ4v) is 4.85. The quantitative estimate of drug-likeness (QED) is 0.196. The van der Waals surface area contributed by atoms with Crippen molar-refractivity contribution in [3.8, 4) is 21.9 Å². The van der Waals surface area contributed by atoms with Gasteiger partial charge in [0.05, 0.1) is 16.7 Å². The number of ether oxygens (including phenoxy) is 2. The number of carbonyl (C=O) groups excluding carboxylic acids is 2. The molecule has 0 fully saturated rings. The van der Waals surface area contributed by atoms with E-state index < -0.39 is 11.7 Å². The van der Waals surface area contributed by atoms with Gasteiger partial charge in [0.25, 0.3) is 0 Å². The minimum absolute atomic E-state index is 0.124. The monoisotopic (exact) mass is 555 g/mol. The summed E-state index contributed by atoms with van der Waals surface area (Å²) in [6, 6.07) is 18.8. The molecule has 0 aliphatic rings. The summed E-state index contributed by atoms with van der Waals surface area (Å²) in [5.74, 6) is 1.14. The summed E-state index contributed by atoms with van der Waals surface area (Å²) in [6.45, 7) is 5.81. The Morgan fingerprint density at radius 2 is 1.75 bits per heavy atom. The van der Waals surface area contributed by atoms with Crippen LogP contribution in [0.2, 0.25) is 0 Å². The molecule has 0 radical (unpaired) electrons. The van der Waals surface area contributed by atoms with E-state index in [9.17, 15) is 9.59 Å². The lowest BCUT2D eigenvalue weighted by Gasteiger charge is -2.19. The molecule has 10 heteroatoms. The number of thiazole rings is 1. The number of anilines is 1. The zero-order chi connectivity index (χ0) is 28.1. The summed E-state index contributed by atoms with van der Waals surface area (Å²) < 4.78 is 11.5. The SMILES string of the molecule is CC(C)(C)OC(=O)NCc1ccc(Oc2ccnc3[nH]cc(-c4cnc(NC(=O)Cc5ccccc5)s4)c23)cc1. The van der Waals surface area contributed by atoms with Crippen molar-refractivity contribution in [2.75, 3.05) is 5.32 Å². The number of pyridine rings is 1. The van der Waals surface area contributed by atoms with E-state index in [4.69, 9.17) is 9.47 Å². The number of rotatable bonds is 8. The molecule has 0 saturated heterocycles. The number of fused-ring (bicyclic) bond motifs is 1. The molecule has 5 aromatic rings. The van der Waals surface area contributed by atoms with Crippen molar-refractivity contribution in [3.63, 3.8) is 0 Å². The molecule has 0 saturated carbocycles. The van der Waals surface area contributed by atoms with E-state index in [0.29, 0.717) is 28.8 Å². The molecule has 40 heavy (non-hydrogen) atoms. The first-order valence-corrected chi connectivity index (χ1v) is 13.5. The van der Waals surface area contributed by atoms with Crippen molar-refractivity contribution >= 4 is 39.5 Å². The lowest BCUT2D eigenvalue weighted by molar-refractivity contribution is -0.115. The Kier molecular flexibility index (Phi) is 7.79. The van der Waals surface area contributed by atoms with E-state index in [-0.39, 0.29) is 12.3 Å². The number of benzene rings is 2. The highest BCUT2D eigenvalue weighted by Crippen LogP contribution is 2.39. The number of nitrogens with one attached hydrogen (secondary N) is 3. The Morgan fingerprint density at radius 1 is 0.975 bits per heavy atom. The minimum Gasteiger partial charge on any atom is -0.457 e. The Bertz CT molecular complexity index is 1620. The first-order chi connectivity index (χ1) is 19.2. The van der Waals surface area contributed by atoms with Crippen LogP contribution in [0.25, 0.3) is 21.5 Å². The average molecular weight is 556 g/mol. The van der Waals surface area contributed by atoms with Crippen molar-refractivity contribution in [3.05, 3.63) is 90.4 Å². The van der Waals surface area contributed by atoms with Crippen LogP contribution in [-0.4, -0.2) is 32.6 Å². The second kappa shape index (κ2) is 11.6. The number of carbonyl (C=O) groups is 2. The third-order valence-corrected chi connectivity index (χ3v) is 6.69. The van der Waals surface area contributed by atoms with Gasteiger partial charge in [-0.1, -0.05) is 53.8 Å². The predicted octanol–water partition coefficient (Wildman–Crippen LogP) is 6.68. The van der Waals surface area contributed by atoms with Gasteiger partial charge in [-0.3, -0.25) is 4.79 Å². The van der Waals surface area contributed by atoms with Crippen LogP contribution in [0.1, 0.15) is 31.9 Å². The summed E-state index contributed by atoms with van der Waals surface area (Å²) >= 11 is 1.38. The topological polar surface area (TPSA) is 118 Å². The van der Waals surface area contributed by atoms with E-state index in [2.05, 4.69) is 25.6 Å². The molecule has 0 unspecified atom stereocenters. The van der Waals surface area contributed by atoms with Crippen LogP contribution >= 0.6 is 11.3 Å². The molecule has 2 amide bonds. The van der Waals surface area contributed by atoms with Crippen molar-refractivity contribution in [1.29, 1.82) is 0 Å². The molecule has 2 aromatic carbocycles. The van der Waals surface area contributed by atoms with Crippen LogP contribution in [0.3, 0.4) is 0 Å². The van der Waals surface area contributed by atoms with Gasteiger partial charge in [-0.2, -0.15) is 0 Å². The molecule has 9 nitrogen and oxygen atoms in total. The van der Waals surface area contributed by atoms with E-state index in [0.717, 1.165) is 27.0 Å². The smallest absolute Gasteiger partial charge is 0.407 e. The van der Waals surface area contributed by atoms with Crippen LogP contribution in [-0.2, 0) is 22.5 Å². The highest BCUT2D eigenvalue weighted by molar-refractivity contribution is 7.19. The summed E-state index contributed by atoms with van der Waals surface area (Å²) in [7, 11) is 0. The molecular formula is C30H29N5O4S. The van der Waals surface area contributed by atoms with Crippen LogP contribution in [0.5, 0.6) is 11.5 Å². The molecule has 5 rings (SSSR count). The highest BCUT2D eigenvalue weighted by atomic mass is 32.1. The molecule has 0 aliphatic heterocycles. The van der Waals surface area contributed by atoms with E-state index in [1.807, 2.05) is 81.6 Å². The van der Waals surface area contributed by atoms with Gasteiger partial charge in [0, 0.05) is 30.7 Å². The minimum atomic E-state index is -0.550. The molecule has 0 aliphatic carbocycles. The summed E-state index contributed by atoms with van der Waals surface area (Å²) in [6.07, 6.45) is 5.08. The van der Waals surface area contributed by atoms with Gasteiger partial charge in [0.1, 0.15) is 22.7 Å². The second-order valence-corrected chi connectivity index (χ2v) is 11.1. The van der Waals surface area contributed by atoms with Crippen LogP contribution in [0, 0.1) is 0 Å². The molecular weight excluding hydrogens is 526 g/mol. The number of alkyl carbamates (subject to hydrolysis) is 1. The van der Waals surface area contributed by atoms with Crippen LogP contribution in [0.15, 0.2) is 79.3 Å². The van der Waals surface area contributed by atoms with Crippen molar-refractivity contribution in [2.24, 2.45) is 0 Å². The summed E-state index contributed by atoms with van der Waals surface area (Å²) in [5, 5.41) is 6.97. The second-order valence-electron chi connectivity index (χ2n) is 10.1. The number of amides is 2. The molecule has 3 aromatic heterocycles. The number of H-pyrrole nitrogens is 1. The van der Waals surface area contributed by atoms with E-state index >= 15 is 0 Å². The number of aromatic amines is 1. The van der Waals surface area contributed by atoms with Crippen LogP contribution < -0.4 is 15.4 Å². The average Bonchev–Trinajstić information content (AvgIpc) is 3.55. The first kappa shape index (κ1) is 26.9. The number of hydrogen-bond donors (Lipinski definition) is 3. The number of nitrogens with zero attached hydrogens (tertiary/aromatic N) is 2. The van der Waals surface area contributed by atoms with Crippen molar-refractivity contribution < 1.29 is 19.1 Å². The lowest BCUT2D eigenvalue weighted by Crippen LogP contribution is -2.32. The van der Waals surface area contributed by atoms with Crippen molar-refractivity contribution in [1.82, 2.24) is 20.3 Å². The van der Waals surface area contributed by atoms with Crippen molar-refractivity contribution in [2.45, 2.75) is 39.3 Å². The Hall–Kier alpha value is -4.70. The Balaban J connectivity index is 1.28. The Labute approximate surface area is 235 Å². The van der Waals surface area contributed by atoms with Gasteiger partial charge in [-0.15, -0.1) is 0 Å². The zero-order valence-corrected chi connectivity index (χ0v) is 23.2. The van der Waals surface area contributed by atoms with Gasteiger partial charge in [0.2, 0.25) is 5.91 Å². The normalized spacial score (nSPS) is 11.3.